The summed E-state index contributed by atoms with van der Waals surface area (Å²) >= 11 is 12.4. The van der Waals surface area contributed by atoms with E-state index in [4.69, 9.17) is 27.9 Å². The van der Waals surface area contributed by atoms with Gasteiger partial charge in [-0.3, -0.25) is 19.6 Å². The number of carbonyl (C=O) groups excluding carboxylic acids is 2. The molecule has 28 heavy (non-hydrogen) atoms. The molecular weight excluding hydrogens is 403 g/mol. The number of hydrogen-bond acceptors (Lipinski definition) is 4. The first kappa shape index (κ1) is 18.6. The third kappa shape index (κ3) is 3.17. The molecule has 0 bridgehead atoms. The zero-order valence-electron chi connectivity index (χ0n) is 14.8. The Hall–Kier alpha value is -2.74. The standard InChI is InChI=1S/C19H16Cl2N4O3/c1-28-16-7-6-13(10-15(16)21)23-8-9-24-17(18(23)26)22-25(19(24)27)11-12-4-2-3-5-14(12)20/h2-10,17,22H,11H2,1H3. The predicted molar refractivity (Wildman–Crippen MR) is 106 cm³/mol. The molecule has 0 aliphatic carbocycles. The Balaban J connectivity index is 1.56. The number of nitrogens with zero attached hydrogens (tertiary/aromatic N) is 3. The third-order valence-electron chi connectivity index (χ3n) is 4.56. The molecule has 2 aliphatic rings. The van der Waals surface area contributed by atoms with Gasteiger partial charge in [-0.15, -0.1) is 0 Å². The molecule has 1 fully saturated rings. The summed E-state index contributed by atoms with van der Waals surface area (Å²) in [4.78, 5) is 28.4. The first-order valence-electron chi connectivity index (χ1n) is 8.44. The van der Waals surface area contributed by atoms with Crippen molar-refractivity contribution in [1.29, 1.82) is 0 Å². The van der Waals surface area contributed by atoms with E-state index in [2.05, 4.69) is 5.43 Å². The average Bonchev–Trinajstić information content (AvgIpc) is 3.01. The molecule has 1 N–H and O–H groups in total. The Morgan fingerprint density at radius 1 is 1.07 bits per heavy atom. The van der Waals surface area contributed by atoms with Gasteiger partial charge in [0.05, 0.1) is 24.4 Å². The molecule has 1 unspecified atom stereocenters. The lowest BCUT2D eigenvalue weighted by atomic mass is 10.2. The van der Waals surface area contributed by atoms with Crippen molar-refractivity contribution in [1.82, 2.24) is 15.3 Å². The maximum atomic E-state index is 13.0. The van der Waals surface area contributed by atoms with E-state index in [1.807, 2.05) is 18.2 Å². The number of anilines is 1. The van der Waals surface area contributed by atoms with E-state index in [1.165, 1.54) is 28.1 Å². The lowest BCUT2D eigenvalue weighted by Gasteiger charge is -2.29. The normalized spacial score (nSPS) is 18.7. The summed E-state index contributed by atoms with van der Waals surface area (Å²) in [6, 6.07) is 12.0. The van der Waals surface area contributed by atoms with E-state index >= 15 is 0 Å². The first-order chi connectivity index (χ1) is 13.5. The highest BCUT2D eigenvalue weighted by Crippen LogP contribution is 2.32. The van der Waals surface area contributed by atoms with E-state index in [9.17, 15) is 9.59 Å². The summed E-state index contributed by atoms with van der Waals surface area (Å²) in [7, 11) is 1.52. The highest BCUT2D eigenvalue weighted by molar-refractivity contribution is 6.32. The molecule has 0 radical (unpaired) electrons. The zero-order valence-corrected chi connectivity index (χ0v) is 16.3. The van der Waals surface area contributed by atoms with Crippen molar-refractivity contribution in [3.63, 3.8) is 0 Å². The molecule has 3 amide bonds. The SMILES string of the molecule is COc1ccc(N2C=CN3C(=O)N(Cc4ccccc4Cl)NC3C2=O)cc1Cl. The molecule has 0 saturated carbocycles. The van der Waals surface area contributed by atoms with Crippen LogP contribution in [0.1, 0.15) is 5.56 Å². The van der Waals surface area contributed by atoms with Gasteiger partial charge in [-0.25, -0.2) is 4.79 Å². The van der Waals surface area contributed by atoms with Gasteiger partial charge >= 0.3 is 6.03 Å². The number of ether oxygens (including phenoxy) is 1. The molecule has 2 aromatic rings. The zero-order chi connectivity index (χ0) is 19.8. The molecule has 2 heterocycles. The van der Waals surface area contributed by atoms with Gasteiger partial charge in [-0.2, -0.15) is 5.43 Å². The minimum Gasteiger partial charge on any atom is -0.495 e. The maximum Gasteiger partial charge on any atom is 0.340 e. The van der Waals surface area contributed by atoms with E-state index in [0.717, 1.165) is 5.56 Å². The van der Waals surface area contributed by atoms with Crippen LogP contribution < -0.4 is 15.1 Å². The fourth-order valence-corrected chi connectivity index (χ4v) is 3.56. The van der Waals surface area contributed by atoms with Crippen molar-refractivity contribution < 1.29 is 14.3 Å². The van der Waals surface area contributed by atoms with Gasteiger partial charge in [-0.1, -0.05) is 41.4 Å². The summed E-state index contributed by atoms with van der Waals surface area (Å²) in [6.45, 7) is 0.237. The molecular formula is C19H16Cl2N4O3. The Morgan fingerprint density at radius 3 is 2.57 bits per heavy atom. The Morgan fingerprint density at radius 2 is 1.86 bits per heavy atom. The van der Waals surface area contributed by atoms with Crippen molar-refractivity contribution in [2.75, 3.05) is 12.0 Å². The van der Waals surface area contributed by atoms with Gasteiger partial charge in [-0.05, 0) is 29.8 Å². The van der Waals surface area contributed by atoms with Crippen LogP contribution in [0.3, 0.4) is 0 Å². The van der Waals surface area contributed by atoms with E-state index in [1.54, 1.807) is 30.5 Å². The van der Waals surface area contributed by atoms with Gasteiger partial charge in [0.2, 0.25) is 0 Å². The van der Waals surface area contributed by atoms with Gasteiger partial charge < -0.3 is 4.74 Å². The van der Waals surface area contributed by atoms with Gasteiger partial charge in [0, 0.05) is 17.4 Å². The quantitative estimate of drug-likeness (QED) is 0.823. The van der Waals surface area contributed by atoms with Crippen LogP contribution in [0.4, 0.5) is 10.5 Å². The van der Waals surface area contributed by atoms with Crippen molar-refractivity contribution in [2.45, 2.75) is 12.7 Å². The van der Waals surface area contributed by atoms with E-state index in [0.29, 0.717) is 21.5 Å². The Kier molecular flexibility index (Phi) is 4.89. The molecule has 7 nitrogen and oxygen atoms in total. The lowest BCUT2D eigenvalue weighted by Crippen LogP contribution is -2.51. The third-order valence-corrected chi connectivity index (χ3v) is 5.22. The average molecular weight is 419 g/mol. The van der Waals surface area contributed by atoms with Crippen LogP contribution in [0.25, 0.3) is 0 Å². The second-order valence-electron chi connectivity index (χ2n) is 6.22. The largest absolute Gasteiger partial charge is 0.495 e. The molecule has 0 aromatic heterocycles. The number of hydrogen-bond donors (Lipinski definition) is 1. The van der Waals surface area contributed by atoms with Crippen LogP contribution in [0.2, 0.25) is 10.0 Å². The number of nitrogens with one attached hydrogen (secondary N) is 1. The number of hydrazine groups is 1. The summed E-state index contributed by atoms with van der Waals surface area (Å²) in [5.74, 6) is 0.208. The first-order valence-corrected chi connectivity index (χ1v) is 9.19. The molecule has 1 atom stereocenters. The van der Waals surface area contributed by atoms with Crippen molar-refractivity contribution >= 4 is 40.8 Å². The molecule has 2 aliphatic heterocycles. The molecule has 2 aromatic carbocycles. The summed E-state index contributed by atoms with van der Waals surface area (Å²) in [6.07, 6.45) is 2.25. The summed E-state index contributed by atoms with van der Waals surface area (Å²) < 4.78 is 5.14. The Bertz CT molecular complexity index is 981. The predicted octanol–water partition coefficient (Wildman–Crippen LogP) is 3.59. The fraction of sp³-hybridized carbons (Fsp3) is 0.158. The number of carbonyl (C=O) groups is 2. The highest BCUT2D eigenvalue weighted by atomic mass is 35.5. The molecule has 0 spiro atoms. The van der Waals surface area contributed by atoms with Crippen LogP contribution in [0.5, 0.6) is 5.75 Å². The lowest BCUT2D eigenvalue weighted by molar-refractivity contribution is -0.122. The number of methoxy groups -OCH3 is 1. The van der Waals surface area contributed by atoms with E-state index < -0.39 is 6.17 Å². The second-order valence-corrected chi connectivity index (χ2v) is 7.04. The number of benzene rings is 2. The van der Waals surface area contributed by atoms with Crippen LogP contribution >= 0.6 is 23.2 Å². The van der Waals surface area contributed by atoms with Crippen LogP contribution in [0, 0.1) is 0 Å². The molecule has 144 valence electrons. The minimum atomic E-state index is -0.846. The van der Waals surface area contributed by atoms with Gasteiger partial charge in [0.15, 0.2) is 6.17 Å². The smallest absolute Gasteiger partial charge is 0.340 e. The number of amides is 3. The summed E-state index contributed by atoms with van der Waals surface area (Å²) in [5, 5.41) is 2.32. The maximum absolute atomic E-state index is 13.0. The van der Waals surface area contributed by atoms with E-state index in [-0.39, 0.29) is 18.5 Å². The molecule has 9 heteroatoms. The van der Waals surface area contributed by atoms with Crippen molar-refractivity contribution in [2.24, 2.45) is 0 Å². The topological polar surface area (TPSA) is 65.1 Å². The highest BCUT2D eigenvalue weighted by Gasteiger charge is 2.44. The van der Waals surface area contributed by atoms with Gasteiger partial charge in [0.1, 0.15) is 5.75 Å². The fourth-order valence-electron chi connectivity index (χ4n) is 3.11. The van der Waals surface area contributed by atoms with Crippen LogP contribution in [-0.2, 0) is 11.3 Å². The van der Waals surface area contributed by atoms with Gasteiger partial charge in [0.25, 0.3) is 5.91 Å². The number of halogens is 2. The summed E-state index contributed by atoms with van der Waals surface area (Å²) in [5.41, 5.74) is 4.31. The number of rotatable bonds is 4. The number of urea groups is 1. The second kappa shape index (κ2) is 7.35. The van der Waals surface area contributed by atoms with Crippen LogP contribution in [0.15, 0.2) is 54.9 Å². The molecule has 4 rings (SSSR count). The Labute approximate surface area is 171 Å². The van der Waals surface area contributed by atoms with Crippen molar-refractivity contribution in [3.8, 4) is 5.75 Å². The monoisotopic (exact) mass is 418 g/mol. The minimum absolute atomic E-state index is 0.237. The van der Waals surface area contributed by atoms with Crippen LogP contribution in [-0.4, -0.2) is 35.1 Å². The number of fused-ring (bicyclic) bond motifs is 1. The van der Waals surface area contributed by atoms with Crippen molar-refractivity contribution in [3.05, 3.63) is 70.5 Å². The molecule has 1 saturated heterocycles.